The van der Waals surface area contributed by atoms with Crippen molar-refractivity contribution in [2.45, 2.75) is 39.5 Å². The normalized spacial score (nSPS) is 39.2. The third-order valence-electron chi connectivity index (χ3n) is 4.74. The molecule has 0 unspecified atom stereocenters. The number of hydrogen-bond donors (Lipinski definition) is 0. The van der Waals surface area contributed by atoms with Gasteiger partial charge in [-0.15, -0.1) is 0 Å². The summed E-state index contributed by atoms with van der Waals surface area (Å²) in [5.74, 6) is 1.76. The largest absolute Gasteiger partial charge is 0.691 e. The molecule has 2 saturated carbocycles. The van der Waals surface area contributed by atoms with Gasteiger partial charge in [0.25, 0.3) is 0 Å². The van der Waals surface area contributed by atoms with Crippen LogP contribution in [0.1, 0.15) is 39.5 Å². The van der Waals surface area contributed by atoms with Gasteiger partial charge in [0, 0.05) is 17.8 Å². The Morgan fingerprint density at radius 3 is 2.43 bits per heavy atom. The maximum atomic E-state index is 9.73. The lowest BCUT2D eigenvalue weighted by Gasteiger charge is -2.37. The fraction of sp³-hybridized carbons (Fsp3) is 1.00. The van der Waals surface area contributed by atoms with E-state index in [0.717, 1.165) is 11.7 Å². The molecule has 2 fully saturated rings. The highest BCUT2D eigenvalue weighted by atomic mass is 32.2. The van der Waals surface area contributed by atoms with Gasteiger partial charge in [0.2, 0.25) is 0 Å². The van der Waals surface area contributed by atoms with Crippen molar-refractivity contribution >= 4 is 12.0 Å². The highest BCUT2D eigenvalue weighted by Crippen LogP contribution is 2.66. The van der Waals surface area contributed by atoms with Crippen LogP contribution in [0.15, 0.2) is 0 Å². The predicted molar refractivity (Wildman–Crippen MR) is 52.8 cm³/mol. The highest BCUT2D eigenvalue weighted by Gasteiger charge is 2.58. The van der Waals surface area contributed by atoms with E-state index in [4.69, 9.17) is 0 Å². The third-order valence-corrected chi connectivity index (χ3v) is 5.56. The summed E-state index contributed by atoms with van der Waals surface area (Å²) in [5, 5.41) is 13.1. The second kappa shape index (κ2) is 3.67. The zero-order valence-corrected chi connectivity index (χ0v) is 9.56. The molecule has 3 nitrogen and oxygen atoms in total. The van der Waals surface area contributed by atoms with Crippen molar-refractivity contribution in [2.75, 3.05) is 5.75 Å². The summed E-state index contributed by atoms with van der Waals surface area (Å²) in [6.45, 7) is 4.71. The summed E-state index contributed by atoms with van der Waals surface area (Å²) in [5.41, 5.74) is 0.785. The molecule has 4 heteroatoms. The van der Waals surface area contributed by atoms with Crippen molar-refractivity contribution < 1.29 is 14.6 Å². The van der Waals surface area contributed by atoms with Crippen LogP contribution in [0.2, 0.25) is 0 Å². The smallest absolute Gasteiger partial charge is 0.0311 e. The van der Waals surface area contributed by atoms with E-state index in [9.17, 15) is 5.26 Å². The molecule has 2 aliphatic rings. The van der Waals surface area contributed by atoms with E-state index < -0.39 is 0 Å². The van der Waals surface area contributed by atoms with Gasteiger partial charge in [-0.25, -0.2) is 0 Å². The molecule has 2 aliphatic carbocycles. The van der Waals surface area contributed by atoms with E-state index in [1.807, 2.05) is 0 Å². The Morgan fingerprint density at radius 1 is 1.36 bits per heavy atom. The molecule has 0 atom stereocenters. The van der Waals surface area contributed by atoms with Gasteiger partial charge >= 0.3 is 0 Å². The first-order chi connectivity index (χ1) is 6.62. The number of rotatable bonds is 4. The topological polar surface area (TPSA) is 41.5 Å². The molecule has 0 N–H and O–H groups in total. The molecule has 0 aliphatic heterocycles. The van der Waals surface area contributed by atoms with Crippen molar-refractivity contribution in [3.8, 4) is 0 Å². The molecule has 0 aromatic heterocycles. The first kappa shape index (κ1) is 10.7. The van der Waals surface area contributed by atoms with Crippen LogP contribution in [0.4, 0.5) is 0 Å². The molecule has 0 aromatic rings. The predicted octanol–water partition coefficient (Wildman–Crippen LogP) is 2.07. The Hall–Kier alpha value is 0.230. The van der Waals surface area contributed by atoms with E-state index >= 15 is 0 Å². The third kappa shape index (κ3) is 1.40. The summed E-state index contributed by atoms with van der Waals surface area (Å²) in [4.78, 5) is 0. The lowest BCUT2D eigenvalue weighted by Crippen LogP contribution is -2.32. The molecule has 0 radical (unpaired) electrons. The molecule has 2 rings (SSSR count). The van der Waals surface area contributed by atoms with E-state index in [-0.39, 0.29) is 0 Å². The van der Waals surface area contributed by atoms with Gasteiger partial charge < -0.3 is 5.26 Å². The van der Waals surface area contributed by atoms with Crippen molar-refractivity contribution in [3.05, 3.63) is 0 Å². The summed E-state index contributed by atoms with van der Waals surface area (Å²) >= 11 is 1.17. The molecule has 0 heterocycles. The van der Waals surface area contributed by atoms with Crippen molar-refractivity contribution in [2.24, 2.45) is 16.7 Å². The van der Waals surface area contributed by atoms with Gasteiger partial charge in [0.05, 0.1) is 0 Å². The molecule has 0 amide bonds. The molecule has 2 bridgehead atoms. The van der Waals surface area contributed by atoms with Crippen LogP contribution in [-0.4, -0.2) is 5.75 Å². The molecule has 14 heavy (non-hydrogen) atoms. The van der Waals surface area contributed by atoms with Gasteiger partial charge in [0.1, 0.15) is 0 Å². The second-order valence-corrected chi connectivity index (χ2v) is 5.84. The maximum Gasteiger partial charge on any atom is 0.0311 e. The Bertz CT molecular complexity index is 209. The van der Waals surface area contributed by atoms with E-state index in [0.29, 0.717) is 10.8 Å². The average Bonchev–Trinajstić information content (AvgIpc) is 2.54. The van der Waals surface area contributed by atoms with Crippen LogP contribution < -0.4 is 5.26 Å². The summed E-state index contributed by atoms with van der Waals surface area (Å²) in [6, 6.07) is 0. The van der Waals surface area contributed by atoms with Gasteiger partial charge in [-0.05, 0) is 42.4 Å². The Balaban J connectivity index is 2.00. The minimum atomic E-state index is 0.376. The molecule has 0 spiro atoms. The van der Waals surface area contributed by atoms with Gasteiger partial charge in [-0.3, -0.25) is 5.04 Å². The quantitative estimate of drug-likeness (QED) is 0.313. The molecular formula is C10H17O3S-. The molecule has 0 saturated heterocycles. The fourth-order valence-electron chi connectivity index (χ4n) is 3.46. The Morgan fingerprint density at radius 2 is 2.00 bits per heavy atom. The number of fused-ring (bicyclic) bond motifs is 2. The van der Waals surface area contributed by atoms with Crippen LogP contribution in [0.5, 0.6) is 0 Å². The van der Waals surface area contributed by atoms with E-state index in [2.05, 4.69) is 23.2 Å². The highest BCUT2D eigenvalue weighted by molar-refractivity contribution is 7.94. The Labute approximate surface area is 89.2 Å². The minimum absolute atomic E-state index is 0.376. The SMILES string of the molecule is CC1(C)C2CCC1(CSOO[O-])CC2. The second-order valence-electron chi connectivity index (χ2n) is 5.17. The summed E-state index contributed by atoms with van der Waals surface area (Å²) in [6.07, 6.45) is 5.23. The average molecular weight is 217 g/mol. The maximum absolute atomic E-state index is 9.73. The van der Waals surface area contributed by atoms with E-state index in [1.54, 1.807) is 0 Å². The van der Waals surface area contributed by atoms with Crippen LogP contribution in [-0.2, 0) is 9.37 Å². The Kier molecular flexibility index (Phi) is 2.81. The van der Waals surface area contributed by atoms with Crippen LogP contribution in [0, 0.1) is 16.7 Å². The van der Waals surface area contributed by atoms with Gasteiger partial charge in [0.15, 0.2) is 0 Å². The first-order valence-corrected chi connectivity index (χ1v) is 6.12. The van der Waals surface area contributed by atoms with Crippen molar-refractivity contribution in [3.63, 3.8) is 0 Å². The first-order valence-electron chi connectivity index (χ1n) is 5.20. The molecular weight excluding hydrogens is 200 g/mol. The van der Waals surface area contributed by atoms with Gasteiger partial charge in [-0.1, -0.05) is 13.8 Å². The summed E-state index contributed by atoms with van der Waals surface area (Å²) in [7, 11) is 0. The monoisotopic (exact) mass is 217 g/mol. The minimum Gasteiger partial charge on any atom is -0.691 e. The zero-order valence-electron chi connectivity index (χ0n) is 8.75. The van der Waals surface area contributed by atoms with E-state index in [1.165, 1.54) is 37.7 Å². The van der Waals surface area contributed by atoms with Gasteiger partial charge in [-0.2, -0.15) is 4.33 Å². The van der Waals surface area contributed by atoms with Crippen molar-refractivity contribution in [1.82, 2.24) is 0 Å². The lowest BCUT2D eigenvalue weighted by atomic mass is 9.71. The van der Waals surface area contributed by atoms with Crippen LogP contribution in [0.25, 0.3) is 0 Å². The lowest BCUT2D eigenvalue weighted by molar-refractivity contribution is -0.777. The standard InChI is InChI=1S/C10H18O3S/c1-9(2)8-3-5-10(9,6-4-8)7-14-13-12-11/h8,11H,3-7H2,1-2H3/p-1. The fourth-order valence-corrected chi connectivity index (χ4v) is 4.43. The van der Waals surface area contributed by atoms with Crippen LogP contribution >= 0.6 is 12.0 Å². The molecule has 0 aromatic carbocycles. The zero-order chi connectivity index (χ0) is 10.2. The summed E-state index contributed by atoms with van der Waals surface area (Å²) < 4.78 is 4.40. The van der Waals surface area contributed by atoms with Crippen molar-refractivity contribution in [1.29, 1.82) is 0 Å². The molecule has 82 valence electrons. The number of hydrogen-bond acceptors (Lipinski definition) is 4. The van der Waals surface area contributed by atoms with Crippen LogP contribution in [0.3, 0.4) is 0 Å².